The zero-order chi connectivity index (χ0) is 19.3. The van der Waals surface area contributed by atoms with Crippen molar-refractivity contribution in [3.63, 3.8) is 0 Å². The van der Waals surface area contributed by atoms with E-state index in [4.69, 9.17) is 4.74 Å². The second kappa shape index (κ2) is 6.43. The van der Waals surface area contributed by atoms with Gasteiger partial charge in [-0.2, -0.15) is 0 Å². The molecule has 0 bridgehead atoms. The minimum Gasteiger partial charge on any atom is -0.598 e. The molecule has 1 spiro atoms. The van der Waals surface area contributed by atoms with E-state index in [1.165, 1.54) is 11.1 Å². The Balaban J connectivity index is 1.78. The third-order valence-corrected chi connectivity index (χ3v) is 6.53. The van der Waals surface area contributed by atoms with Gasteiger partial charge in [0, 0.05) is 29.9 Å². The Kier molecular flexibility index (Phi) is 4.83. The van der Waals surface area contributed by atoms with Crippen molar-refractivity contribution in [2.75, 3.05) is 13.1 Å². The van der Waals surface area contributed by atoms with E-state index in [9.17, 15) is 9.35 Å². The van der Waals surface area contributed by atoms with Crippen LogP contribution in [-0.4, -0.2) is 39.0 Å². The summed E-state index contributed by atoms with van der Waals surface area (Å²) in [6.45, 7) is 12.8. The van der Waals surface area contributed by atoms with Crippen LogP contribution < -0.4 is 4.72 Å². The molecule has 1 fully saturated rings. The van der Waals surface area contributed by atoms with E-state index in [1.54, 1.807) is 4.90 Å². The van der Waals surface area contributed by atoms with Crippen LogP contribution in [0.2, 0.25) is 0 Å². The predicted molar refractivity (Wildman–Crippen MR) is 104 cm³/mol. The molecule has 1 aromatic rings. The smallest absolute Gasteiger partial charge is 0.410 e. The number of fused-ring (bicyclic) bond motifs is 1. The SMILES string of the molecule is CC(C)(C)OC(=O)N1CC2(Cc3ccccc3[C@@H]2N[S+]([O-])C(C)(C)C)C1. The van der Waals surface area contributed by atoms with E-state index in [2.05, 4.69) is 16.9 Å². The third kappa shape index (κ3) is 3.73. The Morgan fingerprint density at radius 1 is 1.23 bits per heavy atom. The van der Waals surface area contributed by atoms with Gasteiger partial charge in [0.2, 0.25) is 0 Å². The highest BCUT2D eigenvalue weighted by molar-refractivity contribution is 7.90. The molecule has 3 rings (SSSR count). The Bertz CT molecular complexity index is 687. The molecule has 1 unspecified atom stereocenters. The van der Waals surface area contributed by atoms with Crippen molar-refractivity contribution in [1.29, 1.82) is 0 Å². The molecule has 26 heavy (non-hydrogen) atoms. The molecule has 1 amide bonds. The number of amides is 1. The maximum absolute atomic E-state index is 12.8. The van der Waals surface area contributed by atoms with Gasteiger partial charge in [-0.15, -0.1) is 4.72 Å². The Morgan fingerprint density at radius 3 is 2.42 bits per heavy atom. The number of carbonyl (C=O) groups excluding carboxylic acids is 1. The lowest BCUT2D eigenvalue weighted by molar-refractivity contribution is -0.0421. The lowest BCUT2D eigenvalue weighted by Gasteiger charge is -2.51. The van der Waals surface area contributed by atoms with Crippen molar-refractivity contribution in [2.45, 2.75) is 64.4 Å². The maximum Gasteiger partial charge on any atom is 0.410 e. The molecule has 2 atom stereocenters. The monoisotopic (exact) mass is 378 g/mol. The normalized spacial score (nSPS) is 22.7. The molecule has 1 aliphatic carbocycles. The van der Waals surface area contributed by atoms with Crippen molar-refractivity contribution < 1.29 is 14.1 Å². The van der Waals surface area contributed by atoms with E-state index < -0.39 is 17.0 Å². The summed E-state index contributed by atoms with van der Waals surface area (Å²) in [7, 11) is 0. The molecule has 1 heterocycles. The minimum atomic E-state index is -1.17. The van der Waals surface area contributed by atoms with Crippen molar-refractivity contribution in [1.82, 2.24) is 9.62 Å². The van der Waals surface area contributed by atoms with Crippen molar-refractivity contribution >= 4 is 17.5 Å². The summed E-state index contributed by atoms with van der Waals surface area (Å²) in [5.41, 5.74) is 1.87. The highest BCUT2D eigenvalue weighted by Gasteiger charge is 2.57. The van der Waals surface area contributed by atoms with Gasteiger partial charge in [0.1, 0.15) is 10.3 Å². The molecule has 1 aliphatic heterocycles. The number of rotatable bonds is 2. The summed E-state index contributed by atoms with van der Waals surface area (Å²) in [4.78, 5) is 14.1. The van der Waals surface area contributed by atoms with Crippen LogP contribution in [0.3, 0.4) is 0 Å². The second-order valence-electron chi connectivity index (χ2n) is 9.51. The highest BCUT2D eigenvalue weighted by Crippen LogP contribution is 2.52. The fourth-order valence-corrected chi connectivity index (χ4v) is 4.67. The van der Waals surface area contributed by atoms with Crippen LogP contribution in [0.5, 0.6) is 0 Å². The van der Waals surface area contributed by atoms with E-state index in [0.29, 0.717) is 13.1 Å². The first kappa shape index (κ1) is 19.5. The maximum atomic E-state index is 12.8. The van der Waals surface area contributed by atoms with E-state index in [-0.39, 0.29) is 22.3 Å². The molecular weight excluding hydrogens is 348 g/mol. The Morgan fingerprint density at radius 2 is 1.85 bits per heavy atom. The Hall–Kier alpha value is -1.24. The fourth-order valence-electron chi connectivity index (χ4n) is 3.72. The summed E-state index contributed by atoms with van der Waals surface area (Å²) >= 11 is -1.17. The number of hydrogen-bond donors (Lipinski definition) is 1. The first-order chi connectivity index (χ1) is 11.9. The van der Waals surface area contributed by atoms with Crippen LogP contribution in [-0.2, 0) is 22.5 Å². The molecule has 1 N–H and O–H groups in total. The van der Waals surface area contributed by atoms with Crippen LogP contribution in [0.4, 0.5) is 4.79 Å². The summed E-state index contributed by atoms with van der Waals surface area (Å²) in [6.07, 6.45) is 0.622. The van der Waals surface area contributed by atoms with E-state index >= 15 is 0 Å². The molecule has 1 aromatic carbocycles. The van der Waals surface area contributed by atoms with Crippen molar-refractivity contribution in [2.24, 2.45) is 5.41 Å². The van der Waals surface area contributed by atoms with Gasteiger partial charge in [0.15, 0.2) is 0 Å². The number of likely N-dealkylation sites (tertiary alicyclic amines) is 1. The van der Waals surface area contributed by atoms with E-state index in [1.807, 2.05) is 53.7 Å². The minimum absolute atomic E-state index is 0.0163. The van der Waals surface area contributed by atoms with Crippen LogP contribution in [0, 0.1) is 5.41 Å². The first-order valence-electron chi connectivity index (χ1n) is 9.15. The number of carbonyl (C=O) groups is 1. The zero-order valence-electron chi connectivity index (χ0n) is 16.6. The molecule has 6 heteroatoms. The van der Waals surface area contributed by atoms with Gasteiger partial charge in [-0.1, -0.05) is 24.3 Å². The van der Waals surface area contributed by atoms with Gasteiger partial charge in [0.25, 0.3) is 0 Å². The van der Waals surface area contributed by atoms with Crippen LogP contribution in [0.1, 0.15) is 58.7 Å². The van der Waals surface area contributed by atoms with Gasteiger partial charge in [-0.25, -0.2) is 4.79 Å². The largest absolute Gasteiger partial charge is 0.598 e. The highest BCUT2D eigenvalue weighted by atomic mass is 32.2. The van der Waals surface area contributed by atoms with Crippen molar-refractivity contribution in [3.05, 3.63) is 35.4 Å². The number of nitrogens with zero attached hydrogens (tertiary/aromatic N) is 1. The number of hydrogen-bond acceptors (Lipinski definition) is 4. The zero-order valence-corrected chi connectivity index (χ0v) is 17.4. The summed E-state index contributed by atoms with van der Waals surface area (Å²) in [5.74, 6) is 0. The molecule has 1 saturated heterocycles. The molecule has 0 radical (unpaired) electrons. The summed E-state index contributed by atoms with van der Waals surface area (Å²) in [6, 6.07) is 8.29. The average molecular weight is 379 g/mol. The second-order valence-corrected chi connectivity index (χ2v) is 11.5. The topological polar surface area (TPSA) is 64.6 Å². The lowest BCUT2D eigenvalue weighted by Crippen LogP contribution is -2.63. The predicted octanol–water partition coefficient (Wildman–Crippen LogP) is 3.57. The van der Waals surface area contributed by atoms with Crippen LogP contribution >= 0.6 is 0 Å². The third-order valence-electron chi connectivity index (χ3n) is 4.97. The molecular formula is C20H30N2O3S. The van der Waals surface area contributed by atoms with E-state index in [0.717, 1.165) is 6.42 Å². The first-order valence-corrected chi connectivity index (χ1v) is 10.3. The number of nitrogens with one attached hydrogen (secondary N) is 1. The molecule has 5 nitrogen and oxygen atoms in total. The van der Waals surface area contributed by atoms with Gasteiger partial charge in [-0.3, -0.25) is 0 Å². The van der Waals surface area contributed by atoms with Gasteiger partial charge >= 0.3 is 6.09 Å². The van der Waals surface area contributed by atoms with Gasteiger partial charge < -0.3 is 14.2 Å². The summed E-state index contributed by atoms with van der Waals surface area (Å²) in [5, 5.41) is 0. The average Bonchev–Trinajstić information content (AvgIpc) is 2.77. The van der Waals surface area contributed by atoms with Gasteiger partial charge in [0.05, 0.1) is 6.04 Å². The number of ether oxygens (including phenoxy) is 1. The fraction of sp³-hybridized carbons (Fsp3) is 0.650. The molecule has 0 saturated carbocycles. The lowest BCUT2D eigenvalue weighted by atomic mass is 9.74. The molecule has 2 aliphatic rings. The van der Waals surface area contributed by atoms with Crippen LogP contribution in [0.15, 0.2) is 24.3 Å². The summed E-state index contributed by atoms with van der Waals surface area (Å²) < 4.78 is 21.3. The molecule has 0 aromatic heterocycles. The van der Waals surface area contributed by atoms with Gasteiger partial charge in [-0.05, 0) is 59.1 Å². The number of benzene rings is 1. The Labute approximate surface area is 159 Å². The van der Waals surface area contributed by atoms with Crippen LogP contribution in [0.25, 0.3) is 0 Å². The van der Waals surface area contributed by atoms with Crippen molar-refractivity contribution in [3.8, 4) is 0 Å². The molecule has 144 valence electrons. The standard InChI is InChI=1S/C20H30N2O3S/c1-18(2,3)25-17(23)22-12-20(13-22)11-14-9-7-8-10-15(14)16(20)21-26(24)19(4,5)6/h7-10,16,21H,11-13H2,1-6H3/t16-,26?/m0/s1. The quantitative estimate of drug-likeness (QED) is 0.799.